The third-order valence-corrected chi connectivity index (χ3v) is 4.77. The largest absolute Gasteiger partial charge is 0.462 e. The third kappa shape index (κ3) is 3.17. The van der Waals surface area contributed by atoms with Crippen LogP contribution in [0.4, 0.5) is 5.00 Å². The minimum atomic E-state index is -3.70. The molecule has 0 unspecified atom stereocenters. The molecule has 20 heavy (non-hydrogen) atoms. The summed E-state index contributed by atoms with van der Waals surface area (Å²) < 4.78 is 31.6. The molecule has 0 amide bonds. The van der Waals surface area contributed by atoms with Gasteiger partial charge in [0.2, 0.25) is 0 Å². The fourth-order valence-electron chi connectivity index (χ4n) is 1.54. The average molecular weight is 311 g/mol. The van der Waals surface area contributed by atoms with Crippen LogP contribution in [0.1, 0.15) is 17.3 Å². The maximum atomic E-state index is 12.2. The minimum absolute atomic E-state index is 0.142. The molecule has 7 heteroatoms. The number of sulfonamides is 1. The van der Waals surface area contributed by atoms with Gasteiger partial charge in [0.25, 0.3) is 10.0 Å². The van der Waals surface area contributed by atoms with E-state index in [0.717, 1.165) is 11.3 Å². The summed E-state index contributed by atoms with van der Waals surface area (Å²) in [5.41, 5.74) is 0.219. The Morgan fingerprint density at radius 2 is 1.95 bits per heavy atom. The molecular formula is C13H13NO4S2. The van der Waals surface area contributed by atoms with Crippen LogP contribution < -0.4 is 4.72 Å². The normalized spacial score (nSPS) is 11.1. The summed E-state index contributed by atoms with van der Waals surface area (Å²) in [6, 6.07) is 9.50. The van der Waals surface area contributed by atoms with Gasteiger partial charge in [0.1, 0.15) is 5.00 Å². The van der Waals surface area contributed by atoms with Crippen molar-refractivity contribution in [2.24, 2.45) is 0 Å². The highest BCUT2D eigenvalue weighted by molar-refractivity contribution is 7.93. The van der Waals surface area contributed by atoms with Gasteiger partial charge in [-0.15, -0.1) is 11.3 Å². The van der Waals surface area contributed by atoms with Crippen LogP contribution >= 0.6 is 11.3 Å². The molecule has 1 aromatic carbocycles. The molecule has 0 aliphatic carbocycles. The predicted octanol–water partition coefficient (Wildman–Crippen LogP) is 2.73. The van der Waals surface area contributed by atoms with Crippen LogP contribution in [-0.4, -0.2) is 21.0 Å². The molecule has 2 aromatic rings. The van der Waals surface area contributed by atoms with E-state index in [-0.39, 0.29) is 22.1 Å². The topological polar surface area (TPSA) is 72.5 Å². The summed E-state index contributed by atoms with van der Waals surface area (Å²) in [5.74, 6) is -0.542. The lowest BCUT2D eigenvalue weighted by Gasteiger charge is -2.08. The van der Waals surface area contributed by atoms with Crippen LogP contribution in [0.5, 0.6) is 0 Å². The van der Waals surface area contributed by atoms with Gasteiger partial charge in [-0.05, 0) is 30.5 Å². The molecule has 5 nitrogen and oxygen atoms in total. The van der Waals surface area contributed by atoms with E-state index in [1.165, 1.54) is 18.2 Å². The first kappa shape index (κ1) is 14.5. The number of anilines is 1. The second kappa shape index (κ2) is 6.06. The number of hydrogen-bond acceptors (Lipinski definition) is 5. The van der Waals surface area contributed by atoms with Gasteiger partial charge in [-0.3, -0.25) is 4.72 Å². The summed E-state index contributed by atoms with van der Waals surface area (Å²) in [4.78, 5) is 11.8. The van der Waals surface area contributed by atoms with Gasteiger partial charge in [-0.1, -0.05) is 18.2 Å². The highest BCUT2D eigenvalue weighted by Crippen LogP contribution is 2.26. The van der Waals surface area contributed by atoms with Crippen molar-refractivity contribution in [3.63, 3.8) is 0 Å². The lowest BCUT2D eigenvalue weighted by molar-refractivity contribution is 0.0528. The number of thiophene rings is 1. The lowest BCUT2D eigenvalue weighted by atomic mass is 10.3. The van der Waals surface area contributed by atoms with E-state index in [0.29, 0.717) is 0 Å². The standard InChI is InChI=1S/C13H13NO4S2/c1-2-18-13(15)11-8-9-19-12(11)14-20(16,17)10-6-4-3-5-7-10/h3-9,14H,2H2,1H3. The lowest BCUT2D eigenvalue weighted by Crippen LogP contribution is -2.14. The second-order valence-corrected chi connectivity index (χ2v) is 6.40. The van der Waals surface area contributed by atoms with Crippen LogP contribution in [0.15, 0.2) is 46.7 Å². The molecule has 1 heterocycles. The SMILES string of the molecule is CCOC(=O)c1ccsc1NS(=O)(=O)c1ccccc1. The molecule has 0 aliphatic rings. The molecule has 2 rings (SSSR count). The van der Waals surface area contributed by atoms with Crippen molar-refractivity contribution in [1.29, 1.82) is 0 Å². The zero-order valence-electron chi connectivity index (χ0n) is 10.7. The van der Waals surface area contributed by atoms with Crippen LogP contribution in [-0.2, 0) is 14.8 Å². The van der Waals surface area contributed by atoms with Crippen molar-refractivity contribution in [3.8, 4) is 0 Å². The fraction of sp³-hybridized carbons (Fsp3) is 0.154. The highest BCUT2D eigenvalue weighted by atomic mass is 32.2. The van der Waals surface area contributed by atoms with Gasteiger partial charge in [0, 0.05) is 0 Å². The zero-order valence-corrected chi connectivity index (χ0v) is 12.3. The number of nitrogens with one attached hydrogen (secondary N) is 1. The van der Waals surface area contributed by atoms with E-state index in [1.807, 2.05) is 0 Å². The molecular weight excluding hydrogens is 298 g/mol. The van der Waals surface area contributed by atoms with Crippen molar-refractivity contribution >= 4 is 32.3 Å². The molecule has 0 saturated carbocycles. The number of ether oxygens (including phenoxy) is 1. The molecule has 0 aliphatic heterocycles. The van der Waals surface area contributed by atoms with E-state index in [1.54, 1.807) is 30.5 Å². The quantitative estimate of drug-likeness (QED) is 0.862. The van der Waals surface area contributed by atoms with Gasteiger partial charge in [0.05, 0.1) is 17.1 Å². The molecule has 0 radical (unpaired) electrons. The van der Waals surface area contributed by atoms with Crippen LogP contribution in [0.25, 0.3) is 0 Å². The molecule has 0 fully saturated rings. The first-order valence-corrected chi connectivity index (χ1v) is 8.23. The first-order chi connectivity index (χ1) is 9.54. The fourth-order valence-corrected chi connectivity index (χ4v) is 3.67. The Balaban J connectivity index is 2.27. The van der Waals surface area contributed by atoms with Gasteiger partial charge in [-0.25, -0.2) is 13.2 Å². The van der Waals surface area contributed by atoms with Crippen LogP contribution in [0.2, 0.25) is 0 Å². The van der Waals surface area contributed by atoms with E-state index in [2.05, 4.69) is 4.72 Å². The molecule has 0 saturated heterocycles. The number of benzene rings is 1. The van der Waals surface area contributed by atoms with Crippen LogP contribution in [0.3, 0.4) is 0 Å². The Kier molecular flexibility index (Phi) is 4.41. The van der Waals surface area contributed by atoms with Gasteiger partial charge in [-0.2, -0.15) is 0 Å². The Labute approximate surface area is 121 Å². The highest BCUT2D eigenvalue weighted by Gasteiger charge is 2.20. The summed E-state index contributed by atoms with van der Waals surface area (Å²) in [6.45, 7) is 1.93. The summed E-state index contributed by atoms with van der Waals surface area (Å²) in [6.07, 6.45) is 0. The maximum Gasteiger partial charge on any atom is 0.341 e. The van der Waals surface area contributed by atoms with E-state index >= 15 is 0 Å². The Hall–Kier alpha value is -1.86. The molecule has 106 valence electrons. The average Bonchev–Trinajstić information content (AvgIpc) is 2.87. The van der Waals surface area contributed by atoms with Crippen LogP contribution in [0, 0.1) is 0 Å². The maximum absolute atomic E-state index is 12.2. The number of carbonyl (C=O) groups excluding carboxylic acids is 1. The number of esters is 1. The smallest absolute Gasteiger partial charge is 0.341 e. The number of hydrogen-bond donors (Lipinski definition) is 1. The molecule has 0 bridgehead atoms. The first-order valence-electron chi connectivity index (χ1n) is 5.87. The molecule has 1 N–H and O–H groups in total. The molecule has 0 atom stereocenters. The number of carbonyl (C=O) groups is 1. The summed E-state index contributed by atoms with van der Waals surface area (Å²) in [7, 11) is -3.70. The van der Waals surface area contributed by atoms with Crippen molar-refractivity contribution in [3.05, 3.63) is 47.3 Å². The second-order valence-electron chi connectivity index (χ2n) is 3.80. The van der Waals surface area contributed by atoms with Crippen molar-refractivity contribution in [2.45, 2.75) is 11.8 Å². The van der Waals surface area contributed by atoms with Gasteiger partial charge >= 0.3 is 5.97 Å². The van der Waals surface area contributed by atoms with Crippen molar-refractivity contribution in [2.75, 3.05) is 11.3 Å². The van der Waals surface area contributed by atoms with E-state index in [4.69, 9.17) is 4.74 Å². The molecule has 0 spiro atoms. The van der Waals surface area contributed by atoms with Gasteiger partial charge < -0.3 is 4.74 Å². The van der Waals surface area contributed by atoms with E-state index < -0.39 is 16.0 Å². The van der Waals surface area contributed by atoms with Crippen molar-refractivity contribution < 1.29 is 17.9 Å². The van der Waals surface area contributed by atoms with Gasteiger partial charge in [0.15, 0.2) is 0 Å². The van der Waals surface area contributed by atoms with E-state index in [9.17, 15) is 13.2 Å². The Bertz CT molecular complexity index is 692. The zero-order chi connectivity index (χ0) is 14.6. The van der Waals surface area contributed by atoms with Crippen molar-refractivity contribution in [1.82, 2.24) is 0 Å². The number of rotatable bonds is 5. The Morgan fingerprint density at radius 1 is 1.25 bits per heavy atom. The predicted molar refractivity (Wildman–Crippen MR) is 77.5 cm³/mol. The minimum Gasteiger partial charge on any atom is -0.462 e. The Morgan fingerprint density at radius 3 is 2.60 bits per heavy atom. The molecule has 1 aromatic heterocycles. The monoisotopic (exact) mass is 311 g/mol. The summed E-state index contributed by atoms with van der Waals surface area (Å²) >= 11 is 1.13. The third-order valence-electron chi connectivity index (χ3n) is 2.44. The summed E-state index contributed by atoms with van der Waals surface area (Å²) in [5, 5.41) is 1.89.